The van der Waals surface area contributed by atoms with Gasteiger partial charge in [0.25, 0.3) is 0 Å². The van der Waals surface area contributed by atoms with Crippen molar-refractivity contribution in [2.75, 3.05) is 24.7 Å². The van der Waals surface area contributed by atoms with E-state index >= 15 is 0 Å². The van der Waals surface area contributed by atoms with Crippen LogP contribution in [0.4, 0.5) is 10.6 Å². The Morgan fingerprint density at radius 2 is 1.82 bits per heavy atom. The number of alkyl halides is 3. The van der Waals surface area contributed by atoms with Gasteiger partial charge in [-0.05, 0) is 41.8 Å². The smallest absolute Gasteiger partial charge is 0.415 e. The third-order valence-electron chi connectivity index (χ3n) is 5.94. The number of aromatic nitrogens is 2. The third kappa shape index (κ3) is 8.02. The molecule has 4 aromatic rings. The van der Waals surface area contributed by atoms with E-state index in [0.29, 0.717) is 24.6 Å². The number of amides is 1. The highest BCUT2D eigenvalue weighted by atomic mass is 35.6. The molecule has 0 spiro atoms. The number of nitrogens with one attached hydrogen (secondary N) is 1. The number of aliphatic carboxylic acids is 1. The van der Waals surface area contributed by atoms with Gasteiger partial charge in [-0.15, -0.1) is 0 Å². The van der Waals surface area contributed by atoms with Gasteiger partial charge in [-0.3, -0.25) is 9.69 Å². The molecule has 11 heteroatoms. The van der Waals surface area contributed by atoms with E-state index in [0.717, 1.165) is 22.0 Å². The van der Waals surface area contributed by atoms with E-state index in [4.69, 9.17) is 44.3 Å². The number of anilines is 1. The van der Waals surface area contributed by atoms with Crippen LogP contribution in [0.2, 0.25) is 0 Å². The molecule has 39 heavy (non-hydrogen) atoms. The van der Waals surface area contributed by atoms with Gasteiger partial charge in [0, 0.05) is 41.8 Å². The molecule has 0 aliphatic heterocycles. The van der Waals surface area contributed by atoms with Crippen molar-refractivity contribution < 1.29 is 24.2 Å². The number of hydrogen-bond acceptors (Lipinski definition) is 5. The number of aromatic amines is 1. The number of rotatable bonds is 11. The summed E-state index contributed by atoms with van der Waals surface area (Å²) in [4.78, 5) is 33.0. The second-order valence-electron chi connectivity index (χ2n) is 8.72. The van der Waals surface area contributed by atoms with E-state index in [1.807, 2.05) is 54.7 Å². The van der Waals surface area contributed by atoms with Crippen LogP contribution in [0.25, 0.3) is 10.9 Å². The molecular weight excluding hydrogens is 565 g/mol. The van der Waals surface area contributed by atoms with Crippen molar-refractivity contribution in [1.29, 1.82) is 0 Å². The van der Waals surface area contributed by atoms with Crippen molar-refractivity contribution in [1.82, 2.24) is 9.97 Å². The number of pyridine rings is 1. The first-order chi connectivity index (χ1) is 18.7. The van der Waals surface area contributed by atoms with Crippen molar-refractivity contribution in [2.24, 2.45) is 0 Å². The van der Waals surface area contributed by atoms with E-state index in [1.165, 1.54) is 4.90 Å². The highest BCUT2D eigenvalue weighted by Crippen LogP contribution is 2.34. The standard InChI is InChI=1S/C28H26Cl3N3O5/c29-28(30,31)18-39-27(37)34(25-9-4-5-12-32-25)13-6-14-38-20-10-11-21-23(17-33-24(21)15-20)22(16-26(35)36)19-7-2-1-3-8-19/h1-5,7-12,15,17,22,33H,6,13-14,16,18H2,(H,35,36). The van der Waals surface area contributed by atoms with Crippen LogP contribution in [0, 0.1) is 0 Å². The number of H-pyrrole nitrogens is 1. The Kier molecular flexibility index (Phi) is 9.56. The maximum absolute atomic E-state index is 12.6. The Bertz CT molecular complexity index is 1390. The number of fused-ring (bicyclic) bond motifs is 1. The van der Waals surface area contributed by atoms with Crippen LogP contribution >= 0.6 is 34.8 Å². The maximum atomic E-state index is 12.6. The third-order valence-corrected chi connectivity index (χ3v) is 6.27. The number of carbonyl (C=O) groups excluding carboxylic acids is 1. The summed E-state index contributed by atoms with van der Waals surface area (Å²) in [5, 5.41) is 10.4. The minimum atomic E-state index is -1.72. The van der Waals surface area contributed by atoms with Crippen molar-refractivity contribution in [2.45, 2.75) is 22.6 Å². The molecule has 2 aromatic heterocycles. The van der Waals surface area contributed by atoms with Crippen LogP contribution < -0.4 is 9.64 Å². The van der Waals surface area contributed by atoms with Crippen molar-refractivity contribution in [3.05, 3.63) is 90.3 Å². The molecule has 0 fully saturated rings. The average Bonchev–Trinajstić information content (AvgIpc) is 3.34. The predicted molar refractivity (Wildman–Crippen MR) is 152 cm³/mol. The monoisotopic (exact) mass is 589 g/mol. The molecule has 204 valence electrons. The van der Waals surface area contributed by atoms with Crippen LogP contribution in [0.15, 0.2) is 79.1 Å². The Hall–Kier alpha value is -3.46. The zero-order valence-electron chi connectivity index (χ0n) is 20.7. The summed E-state index contributed by atoms with van der Waals surface area (Å²) in [6.45, 7) is 0.177. The van der Waals surface area contributed by atoms with Crippen molar-refractivity contribution in [3.63, 3.8) is 0 Å². The van der Waals surface area contributed by atoms with E-state index in [9.17, 15) is 14.7 Å². The second-order valence-corrected chi connectivity index (χ2v) is 11.2. The number of ether oxygens (including phenoxy) is 2. The molecule has 4 rings (SSSR count). The molecule has 0 aliphatic rings. The van der Waals surface area contributed by atoms with E-state index in [1.54, 1.807) is 24.4 Å². The molecule has 1 amide bonds. The summed E-state index contributed by atoms with van der Waals surface area (Å²) in [6, 6.07) is 20.4. The van der Waals surface area contributed by atoms with E-state index in [2.05, 4.69) is 9.97 Å². The molecule has 0 aliphatic carbocycles. The first-order valence-corrected chi connectivity index (χ1v) is 13.3. The molecule has 0 radical (unpaired) electrons. The molecule has 8 nitrogen and oxygen atoms in total. The minimum absolute atomic E-state index is 0.0217. The largest absolute Gasteiger partial charge is 0.493 e. The quantitative estimate of drug-likeness (QED) is 0.145. The van der Waals surface area contributed by atoms with Gasteiger partial charge in [0.05, 0.1) is 13.0 Å². The summed E-state index contributed by atoms with van der Waals surface area (Å²) in [7, 11) is 0. The Morgan fingerprint density at radius 3 is 2.51 bits per heavy atom. The summed E-state index contributed by atoms with van der Waals surface area (Å²) in [5.41, 5.74) is 2.68. The normalized spacial score (nSPS) is 12.2. The minimum Gasteiger partial charge on any atom is -0.493 e. The molecule has 2 N–H and O–H groups in total. The SMILES string of the molecule is O=C(O)CC(c1ccccc1)c1c[nH]c2cc(OCCCN(C(=O)OCC(Cl)(Cl)Cl)c3ccccn3)ccc12. The van der Waals surface area contributed by atoms with E-state index in [-0.39, 0.29) is 18.9 Å². The van der Waals surface area contributed by atoms with Gasteiger partial charge >= 0.3 is 12.1 Å². The van der Waals surface area contributed by atoms with Crippen LogP contribution in [0.3, 0.4) is 0 Å². The number of carbonyl (C=O) groups is 2. The van der Waals surface area contributed by atoms with Crippen LogP contribution in [-0.4, -0.2) is 50.7 Å². The van der Waals surface area contributed by atoms with Gasteiger partial charge in [-0.25, -0.2) is 9.78 Å². The molecule has 1 unspecified atom stereocenters. The Labute approximate surface area is 240 Å². The lowest BCUT2D eigenvalue weighted by molar-refractivity contribution is -0.137. The Balaban J connectivity index is 1.41. The lowest BCUT2D eigenvalue weighted by atomic mass is 9.88. The molecule has 0 saturated carbocycles. The van der Waals surface area contributed by atoms with Gasteiger partial charge in [0.15, 0.2) is 0 Å². The molecule has 2 aromatic carbocycles. The summed E-state index contributed by atoms with van der Waals surface area (Å²) >= 11 is 17.1. The fourth-order valence-corrected chi connectivity index (χ4v) is 4.38. The Morgan fingerprint density at radius 1 is 1.05 bits per heavy atom. The number of benzene rings is 2. The second kappa shape index (κ2) is 13.1. The van der Waals surface area contributed by atoms with Gasteiger partial charge < -0.3 is 19.6 Å². The predicted octanol–water partition coefficient (Wildman–Crippen LogP) is 6.95. The number of hydrogen-bond donors (Lipinski definition) is 2. The maximum Gasteiger partial charge on any atom is 0.415 e. The fraction of sp³-hybridized carbons (Fsp3) is 0.250. The van der Waals surface area contributed by atoms with Gasteiger partial charge in [-0.1, -0.05) is 71.2 Å². The number of carboxylic acid groups (broad SMARTS) is 1. The molecule has 2 heterocycles. The number of nitrogens with zero attached hydrogens (tertiary/aromatic N) is 2. The summed E-state index contributed by atoms with van der Waals surface area (Å²) < 4.78 is 9.35. The topological polar surface area (TPSA) is 105 Å². The highest BCUT2D eigenvalue weighted by molar-refractivity contribution is 6.67. The van der Waals surface area contributed by atoms with Gasteiger partial charge in [0.2, 0.25) is 3.79 Å². The van der Waals surface area contributed by atoms with Crippen LogP contribution in [0.1, 0.15) is 29.9 Å². The molecule has 1 atom stereocenters. The fourth-order valence-electron chi connectivity index (χ4n) is 4.22. The van der Waals surface area contributed by atoms with Crippen LogP contribution in [-0.2, 0) is 9.53 Å². The summed E-state index contributed by atoms with van der Waals surface area (Å²) in [5.74, 6) is -0.118. The molecular formula is C28H26Cl3N3O5. The number of halogens is 3. The zero-order valence-corrected chi connectivity index (χ0v) is 23.0. The lowest BCUT2D eigenvalue weighted by Gasteiger charge is -2.22. The van der Waals surface area contributed by atoms with Crippen molar-refractivity contribution in [3.8, 4) is 5.75 Å². The zero-order chi connectivity index (χ0) is 27.8. The first kappa shape index (κ1) is 28.5. The number of carboxylic acids is 1. The van der Waals surface area contributed by atoms with Crippen molar-refractivity contribution >= 4 is 63.6 Å². The lowest BCUT2D eigenvalue weighted by Crippen LogP contribution is -2.35. The highest BCUT2D eigenvalue weighted by Gasteiger charge is 2.26. The molecule has 0 saturated heterocycles. The first-order valence-electron chi connectivity index (χ1n) is 12.1. The summed E-state index contributed by atoms with van der Waals surface area (Å²) in [6.07, 6.45) is 3.19. The average molecular weight is 591 g/mol. The van der Waals surface area contributed by atoms with E-state index < -0.39 is 22.5 Å². The molecule has 0 bridgehead atoms. The van der Waals surface area contributed by atoms with Gasteiger partial charge in [-0.2, -0.15) is 0 Å². The van der Waals surface area contributed by atoms with Gasteiger partial charge in [0.1, 0.15) is 18.2 Å². The van der Waals surface area contributed by atoms with Crippen LogP contribution in [0.5, 0.6) is 5.75 Å².